The van der Waals surface area contributed by atoms with Crippen LogP contribution in [0.2, 0.25) is 5.02 Å². The first-order valence-electron chi connectivity index (χ1n) is 7.84. The molecule has 2 aromatic carbocycles. The predicted octanol–water partition coefficient (Wildman–Crippen LogP) is 5.14. The molecule has 0 atom stereocenters. The average Bonchev–Trinajstić information content (AvgIpc) is 2.55. The summed E-state index contributed by atoms with van der Waals surface area (Å²) in [6.07, 6.45) is 1.32. The predicted molar refractivity (Wildman–Crippen MR) is 95.3 cm³/mol. The minimum Gasteiger partial charge on any atom is -0.488 e. The van der Waals surface area contributed by atoms with Crippen molar-refractivity contribution in [1.29, 1.82) is 0 Å². The van der Waals surface area contributed by atoms with Gasteiger partial charge in [-0.2, -0.15) is 0 Å². The molecule has 3 nitrogen and oxygen atoms in total. The topological polar surface area (TPSA) is 38.3 Å². The fourth-order valence-corrected chi connectivity index (χ4v) is 2.57. The van der Waals surface area contributed by atoms with E-state index in [1.165, 1.54) is 5.56 Å². The molecule has 2 rings (SSSR count). The third-order valence-electron chi connectivity index (χ3n) is 3.68. The zero-order chi connectivity index (χ0) is 16.8. The Morgan fingerprint density at radius 1 is 1.22 bits per heavy atom. The molecule has 0 aliphatic carbocycles. The molecule has 0 aliphatic heterocycles. The van der Waals surface area contributed by atoms with Crippen LogP contribution in [-0.2, 0) is 17.8 Å². The van der Waals surface area contributed by atoms with Crippen LogP contribution in [0.3, 0.4) is 0 Å². The number of hydrogen-bond donors (Lipinski definition) is 1. The summed E-state index contributed by atoms with van der Waals surface area (Å²) in [5.41, 5.74) is 3.87. The molecule has 23 heavy (non-hydrogen) atoms. The highest BCUT2D eigenvalue weighted by Crippen LogP contribution is 2.28. The van der Waals surface area contributed by atoms with Crippen molar-refractivity contribution in [3.05, 3.63) is 58.1 Å². The van der Waals surface area contributed by atoms with Gasteiger partial charge in [0, 0.05) is 22.7 Å². The van der Waals surface area contributed by atoms with Crippen molar-refractivity contribution in [2.45, 2.75) is 40.2 Å². The van der Waals surface area contributed by atoms with Gasteiger partial charge in [-0.1, -0.05) is 49.2 Å². The van der Waals surface area contributed by atoms with Gasteiger partial charge in [0.25, 0.3) is 0 Å². The number of benzene rings is 2. The van der Waals surface area contributed by atoms with Crippen molar-refractivity contribution in [3.63, 3.8) is 0 Å². The van der Waals surface area contributed by atoms with Crippen LogP contribution in [0, 0.1) is 6.92 Å². The second-order valence-electron chi connectivity index (χ2n) is 5.42. The Morgan fingerprint density at radius 2 is 2.00 bits per heavy atom. The molecule has 0 saturated carbocycles. The second kappa shape index (κ2) is 8.02. The molecule has 0 aromatic heterocycles. The number of rotatable bonds is 6. The van der Waals surface area contributed by atoms with Gasteiger partial charge in [-0.15, -0.1) is 0 Å². The van der Waals surface area contributed by atoms with Crippen LogP contribution in [0.25, 0.3) is 0 Å². The third kappa shape index (κ3) is 4.49. The van der Waals surface area contributed by atoms with E-state index in [-0.39, 0.29) is 5.91 Å². The molecule has 0 saturated heterocycles. The smallest absolute Gasteiger partial charge is 0.224 e. The van der Waals surface area contributed by atoms with Crippen LogP contribution >= 0.6 is 11.6 Å². The maximum atomic E-state index is 11.7. The summed E-state index contributed by atoms with van der Waals surface area (Å²) in [5, 5.41) is 3.46. The zero-order valence-corrected chi connectivity index (χ0v) is 14.5. The van der Waals surface area contributed by atoms with E-state index in [2.05, 4.69) is 25.2 Å². The van der Waals surface area contributed by atoms with Crippen molar-refractivity contribution in [3.8, 4) is 5.75 Å². The molecule has 1 amide bonds. The van der Waals surface area contributed by atoms with E-state index in [0.29, 0.717) is 23.7 Å². The average molecular weight is 332 g/mol. The van der Waals surface area contributed by atoms with Crippen molar-refractivity contribution in [2.75, 3.05) is 5.32 Å². The van der Waals surface area contributed by atoms with E-state index in [4.69, 9.17) is 16.3 Å². The van der Waals surface area contributed by atoms with E-state index in [9.17, 15) is 4.79 Å². The quantitative estimate of drug-likeness (QED) is 0.796. The summed E-state index contributed by atoms with van der Waals surface area (Å²) in [6, 6.07) is 11.6. The van der Waals surface area contributed by atoms with Crippen LogP contribution in [0.15, 0.2) is 36.4 Å². The number of hydrogen-bond acceptors (Lipinski definition) is 2. The van der Waals surface area contributed by atoms with Crippen molar-refractivity contribution in [1.82, 2.24) is 0 Å². The van der Waals surface area contributed by atoms with Gasteiger partial charge in [-0.3, -0.25) is 4.79 Å². The number of carbonyl (C=O) groups excluding carboxylic acids is 1. The number of ether oxygens (including phenoxy) is 1. The summed E-state index contributed by atoms with van der Waals surface area (Å²) < 4.78 is 5.97. The number of amides is 1. The summed E-state index contributed by atoms with van der Waals surface area (Å²) in [5.74, 6) is 0.809. The van der Waals surface area contributed by atoms with Crippen molar-refractivity contribution >= 4 is 23.2 Å². The van der Waals surface area contributed by atoms with Crippen LogP contribution in [0.5, 0.6) is 5.75 Å². The van der Waals surface area contributed by atoms with Gasteiger partial charge in [0.15, 0.2) is 0 Å². The Morgan fingerprint density at radius 3 is 2.70 bits per heavy atom. The fraction of sp³-hybridized carbons (Fsp3) is 0.316. The van der Waals surface area contributed by atoms with E-state index in [1.54, 1.807) is 6.07 Å². The molecule has 0 spiro atoms. The Hall–Kier alpha value is -2.00. The maximum Gasteiger partial charge on any atom is 0.224 e. The van der Waals surface area contributed by atoms with Crippen molar-refractivity contribution in [2.24, 2.45) is 0 Å². The van der Waals surface area contributed by atoms with Crippen LogP contribution < -0.4 is 10.1 Å². The lowest BCUT2D eigenvalue weighted by molar-refractivity contribution is -0.115. The van der Waals surface area contributed by atoms with Gasteiger partial charge in [0.1, 0.15) is 12.4 Å². The van der Waals surface area contributed by atoms with Crippen LogP contribution in [0.4, 0.5) is 5.69 Å². The second-order valence-corrected chi connectivity index (χ2v) is 5.83. The standard InChI is InChI=1S/C19H22ClNO2/c1-4-14-11-13(3)9-10-18(14)23-12-15-16(20)7-6-8-17(15)21-19(22)5-2/h6-11H,4-5,12H2,1-3H3,(H,21,22). The van der Waals surface area contributed by atoms with Gasteiger partial charge >= 0.3 is 0 Å². The lowest BCUT2D eigenvalue weighted by atomic mass is 10.1. The Labute approximate surface area is 142 Å². The first kappa shape index (κ1) is 17.4. The fourth-order valence-electron chi connectivity index (χ4n) is 2.34. The Bertz CT molecular complexity index is 698. The molecule has 0 aliphatic rings. The van der Waals surface area contributed by atoms with Crippen LogP contribution in [0.1, 0.15) is 37.0 Å². The molecule has 0 bridgehead atoms. The SMILES string of the molecule is CCC(=O)Nc1cccc(Cl)c1COc1ccc(C)cc1CC. The van der Waals surface area contributed by atoms with E-state index < -0.39 is 0 Å². The van der Waals surface area contributed by atoms with Crippen molar-refractivity contribution < 1.29 is 9.53 Å². The monoisotopic (exact) mass is 331 g/mol. The normalized spacial score (nSPS) is 10.4. The molecular weight excluding hydrogens is 310 g/mol. The minimum absolute atomic E-state index is 0.0434. The van der Waals surface area contributed by atoms with Gasteiger partial charge in [0.05, 0.1) is 0 Å². The number of nitrogens with one attached hydrogen (secondary N) is 1. The Kier molecular flexibility index (Phi) is 6.05. The first-order chi connectivity index (χ1) is 11.0. The zero-order valence-electron chi connectivity index (χ0n) is 13.8. The highest BCUT2D eigenvalue weighted by Gasteiger charge is 2.11. The van der Waals surface area contributed by atoms with Crippen LogP contribution in [-0.4, -0.2) is 5.91 Å². The summed E-state index contributed by atoms with van der Waals surface area (Å²) >= 11 is 6.29. The van der Waals surface area contributed by atoms with Gasteiger partial charge in [-0.05, 0) is 37.1 Å². The van der Waals surface area contributed by atoms with E-state index in [0.717, 1.165) is 23.3 Å². The van der Waals surface area contributed by atoms with Gasteiger partial charge < -0.3 is 10.1 Å². The molecule has 0 fully saturated rings. The van der Waals surface area contributed by atoms with Gasteiger partial charge in [-0.25, -0.2) is 0 Å². The molecule has 0 radical (unpaired) electrons. The molecule has 0 unspecified atom stereocenters. The minimum atomic E-state index is -0.0434. The van der Waals surface area contributed by atoms with E-state index in [1.807, 2.05) is 31.2 Å². The molecule has 0 heterocycles. The lowest BCUT2D eigenvalue weighted by Crippen LogP contribution is -2.12. The molecule has 4 heteroatoms. The lowest BCUT2D eigenvalue weighted by Gasteiger charge is -2.15. The van der Waals surface area contributed by atoms with Gasteiger partial charge in [0.2, 0.25) is 5.91 Å². The summed E-state index contributed by atoms with van der Waals surface area (Å²) in [6.45, 7) is 6.30. The Balaban J connectivity index is 2.22. The molecule has 122 valence electrons. The number of aryl methyl sites for hydroxylation is 2. The highest BCUT2D eigenvalue weighted by molar-refractivity contribution is 6.31. The summed E-state index contributed by atoms with van der Waals surface area (Å²) in [4.78, 5) is 11.7. The maximum absolute atomic E-state index is 11.7. The number of halogens is 1. The molecular formula is C19H22ClNO2. The number of anilines is 1. The third-order valence-corrected chi connectivity index (χ3v) is 4.04. The highest BCUT2D eigenvalue weighted by atomic mass is 35.5. The molecule has 2 aromatic rings. The largest absolute Gasteiger partial charge is 0.488 e. The summed E-state index contributed by atoms with van der Waals surface area (Å²) in [7, 11) is 0. The van der Waals surface area contributed by atoms with E-state index >= 15 is 0 Å². The number of carbonyl (C=O) groups is 1. The molecule has 1 N–H and O–H groups in total. The first-order valence-corrected chi connectivity index (χ1v) is 8.22.